The van der Waals surface area contributed by atoms with E-state index in [1.165, 1.54) is 5.56 Å². The van der Waals surface area contributed by atoms with Gasteiger partial charge in [-0.1, -0.05) is 19.1 Å². The van der Waals surface area contributed by atoms with E-state index in [0.717, 1.165) is 6.42 Å². The smallest absolute Gasteiger partial charge is 0.257 e. The average Bonchev–Trinajstić information content (AvgIpc) is 2.37. The lowest BCUT2D eigenvalue weighted by Gasteiger charge is -2.07. The maximum atomic E-state index is 11.3. The van der Waals surface area contributed by atoms with Crippen LogP contribution in [0.3, 0.4) is 0 Å². The highest BCUT2D eigenvalue weighted by atomic mass is 16.5. The first-order valence-corrected chi connectivity index (χ1v) is 5.85. The van der Waals surface area contributed by atoms with E-state index in [0.29, 0.717) is 18.7 Å². The molecule has 17 heavy (non-hydrogen) atoms. The first-order valence-electron chi connectivity index (χ1n) is 5.85. The van der Waals surface area contributed by atoms with E-state index in [2.05, 4.69) is 12.2 Å². The third kappa shape index (κ3) is 5.36. The molecule has 0 heterocycles. The van der Waals surface area contributed by atoms with E-state index in [4.69, 9.17) is 9.84 Å². The van der Waals surface area contributed by atoms with Crippen molar-refractivity contribution in [2.24, 2.45) is 0 Å². The Kier molecular flexibility index (Phi) is 6.10. The minimum absolute atomic E-state index is 0.0108. The van der Waals surface area contributed by atoms with Crippen molar-refractivity contribution in [2.45, 2.75) is 19.8 Å². The molecule has 0 radical (unpaired) electrons. The summed E-state index contributed by atoms with van der Waals surface area (Å²) in [4.78, 5) is 11.3. The van der Waals surface area contributed by atoms with E-state index in [-0.39, 0.29) is 19.1 Å². The Labute approximate surface area is 102 Å². The monoisotopic (exact) mass is 237 g/mol. The van der Waals surface area contributed by atoms with Crippen molar-refractivity contribution >= 4 is 5.91 Å². The van der Waals surface area contributed by atoms with Crippen molar-refractivity contribution in [1.29, 1.82) is 0 Å². The Morgan fingerprint density at radius 3 is 2.65 bits per heavy atom. The van der Waals surface area contributed by atoms with Crippen LogP contribution in [0.15, 0.2) is 24.3 Å². The Hall–Kier alpha value is -1.55. The number of carbonyl (C=O) groups is 1. The van der Waals surface area contributed by atoms with Gasteiger partial charge in [0.05, 0.1) is 0 Å². The second-order valence-electron chi connectivity index (χ2n) is 3.71. The van der Waals surface area contributed by atoms with E-state index < -0.39 is 0 Å². The lowest BCUT2D eigenvalue weighted by molar-refractivity contribution is -0.123. The molecule has 0 fully saturated rings. The zero-order valence-electron chi connectivity index (χ0n) is 10.1. The number of benzene rings is 1. The molecule has 94 valence electrons. The molecule has 0 spiro atoms. The number of hydrogen-bond acceptors (Lipinski definition) is 3. The summed E-state index contributed by atoms with van der Waals surface area (Å²) in [5, 5.41) is 11.2. The molecule has 0 aliphatic carbocycles. The lowest BCUT2D eigenvalue weighted by atomic mass is 10.2. The summed E-state index contributed by atoms with van der Waals surface area (Å²) in [7, 11) is 0. The summed E-state index contributed by atoms with van der Waals surface area (Å²) in [6.45, 7) is 2.66. The van der Waals surface area contributed by atoms with Gasteiger partial charge in [0.1, 0.15) is 5.75 Å². The van der Waals surface area contributed by atoms with Crippen molar-refractivity contribution in [3.63, 3.8) is 0 Å². The zero-order chi connectivity index (χ0) is 12.5. The Bertz CT molecular complexity index is 335. The number of nitrogens with one attached hydrogen (secondary N) is 1. The molecule has 2 N–H and O–H groups in total. The van der Waals surface area contributed by atoms with Gasteiger partial charge in [-0.15, -0.1) is 0 Å². The minimum Gasteiger partial charge on any atom is -0.484 e. The fourth-order valence-corrected chi connectivity index (χ4v) is 1.33. The van der Waals surface area contributed by atoms with Crippen LogP contribution in [0.2, 0.25) is 0 Å². The third-order valence-electron chi connectivity index (χ3n) is 2.36. The number of rotatable bonds is 7. The lowest BCUT2D eigenvalue weighted by Crippen LogP contribution is -2.30. The highest BCUT2D eigenvalue weighted by Gasteiger charge is 2.01. The summed E-state index contributed by atoms with van der Waals surface area (Å²) in [6.07, 6.45) is 1.55. The maximum absolute atomic E-state index is 11.3. The van der Waals surface area contributed by atoms with Crippen molar-refractivity contribution in [3.8, 4) is 5.75 Å². The van der Waals surface area contributed by atoms with Gasteiger partial charge in [0.2, 0.25) is 0 Å². The summed E-state index contributed by atoms with van der Waals surface area (Å²) in [5.41, 5.74) is 1.24. The largest absolute Gasteiger partial charge is 0.484 e. The number of aliphatic hydroxyl groups is 1. The molecule has 1 aromatic carbocycles. The standard InChI is InChI=1S/C13H19NO3/c1-2-11-4-6-12(7-5-11)17-10-13(16)14-8-3-9-15/h4-7,15H,2-3,8-10H2,1H3,(H,14,16). The van der Waals surface area contributed by atoms with Crippen molar-refractivity contribution in [2.75, 3.05) is 19.8 Å². The number of amides is 1. The first kappa shape index (κ1) is 13.5. The number of carbonyl (C=O) groups excluding carboxylic acids is 1. The van der Waals surface area contributed by atoms with E-state index in [1.807, 2.05) is 24.3 Å². The molecule has 0 saturated carbocycles. The first-order chi connectivity index (χ1) is 8.26. The molecule has 0 saturated heterocycles. The van der Waals surface area contributed by atoms with E-state index in [1.54, 1.807) is 0 Å². The van der Waals surface area contributed by atoms with Gasteiger partial charge in [0, 0.05) is 13.2 Å². The molecule has 0 atom stereocenters. The fourth-order valence-electron chi connectivity index (χ4n) is 1.33. The molecule has 1 rings (SSSR count). The van der Waals surface area contributed by atoms with Gasteiger partial charge in [-0.2, -0.15) is 0 Å². The van der Waals surface area contributed by atoms with Crippen LogP contribution < -0.4 is 10.1 Å². The molecular weight excluding hydrogens is 218 g/mol. The molecule has 0 bridgehead atoms. The van der Waals surface area contributed by atoms with Gasteiger partial charge < -0.3 is 15.2 Å². The van der Waals surface area contributed by atoms with Crippen LogP contribution in [0.4, 0.5) is 0 Å². The molecule has 0 aromatic heterocycles. The predicted octanol–water partition coefficient (Wildman–Crippen LogP) is 1.13. The SMILES string of the molecule is CCc1ccc(OCC(=O)NCCCO)cc1. The topological polar surface area (TPSA) is 58.6 Å². The molecule has 0 unspecified atom stereocenters. The number of hydrogen-bond donors (Lipinski definition) is 2. The Balaban J connectivity index is 2.27. The van der Waals surface area contributed by atoms with Crippen LogP contribution in [0.1, 0.15) is 18.9 Å². The van der Waals surface area contributed by atoms with Crippen molar-refractivity contribution in [3.05, 3.63) is 29.8 Å². The van der Waals surface area contributed by atoms with Crippen molar-refractivity contribution in [1.82, 2.24) is 5.32 Å². The van der Waals surface area contributed by atoms with Crippen LogP contribution in [-0.2, 0) is 11.2 Å². The van der Waals surface area contributed by atoms with Crippen LogP contribution in [0.5, 0.6) is 5.75 Å². The van der Waals surface area contributed by atoms with E-state index >= 15 is 0 Å². The minimum atomic E-state index is -0.169. The van der Waals surface area contributed by atoms with Gasteiger partial charge in [0.25, 0.3) is 5.91 Å². The van der Waals surface area contributed by atoms with E-state index in [9.17, 15) is 4.79 Å². The summed E-state index contributed by atoms with van der Waals surface area (Å²) in [5.74, 6) is 0.525. The van der Waals surface area contributed by atoms with Crippen LogP contribution in [0, 0.1) is 0 Å². The summed E-state index contributed by atoms with van der Waals surface area (Å²) < 4.78 is 5.32. The van der Waals surface area contributed by atoms with Crippen LogP contribution in [-0.4, -0.2) is 30.8 Å². The Morgan fingerprint density at radius 1 is 1.35 bits per heavy atom. The highest BCUT2D eigenvalue weighted by molar-refractivity contribution is 5.77. The van der Waals surface area contributed by atoms with Gasteiger partial charge in [-0.05, 0) is 30.5 Å². The molecule has 4 heteroatoms. The molecular formula is C13H19NO3. The van der Waals surface area contributed by atoms with Crippen LogP contribution in [0.25, 0.3) is 0 Å². The summed E-state index contributed by atoms with van der Waals surface area (Å²) in [6, 6.07) is 7.69. The van der Waals surface area contributed by atoms with Crippen molar-refractivity contribution < 1.29 is 14.6 Å². The molecule has 0 aliphatic heterocycles. The molecule has 1 aromatic rings. The van der Waals surface area contributed by atoms with Gasteiger partial charge in [-0.25, -0.2) is 0 Å². The zero-order valence-corrected chi connectivity index (χ0v) is 10.1. The highest BCUT2D eigenvalue weighted by Crippen LogP contribution is 2.12. The Morgan fingerprint density at radius 2 is 2.06 bits per heavy atom. The second kappa shape index (κ2) is 7.68. The third-order valence-corrected chi connectivity index (χ3v) is 2.36. The summed E-state index contributed by atoms with van der Waals surface area (Å²) >= 11 is 0. The number of aliphatic hydroxyl groups excluding tert-OH is 1. The fraction of sp³-hybridized carbons (Fsp3) is 0.462. The average molecular weight is 237 g/mol. The normalized spacial score (nSPS) is 10.0. The molecule has 0 aliphatic rings. The quantitative estimate of drug-likeness (QED) is 0.699. The second-order valence-corrected chi connectivity index (χ2v) is 3.71. The van der Waals surface area contributed by atoms with Gasteiger partial charge >= 0.3 is 0 Å². The van der Waals surface area contributed by atoms with Gasteiger partial charge in [0.15, 0.2) is 6.61 Å². The maximum Gasteiger partial charge on any atom is 0.257 e. The van der Waals surface area contributed by atoms with Crippen LogP contribution >= 0.6 is 0 Å². The number of aryl methyl sites for hydroxylation is 1. The predicted molar refractivity (Wildman–Crippen MR) is 66.0 cm³/mol. The van der Waals surface area contributed by atoms with Gasteiger partial charge in [-0.3, -0.25) is 4.79 Å². The molecule has 4 nitrogen and oxygen atoms in total. The number of ether oxygens (including phenoxy) is 1. The molecule has 1 amide bonds.